The third-order valence-corrected chi connectivity index (χ3v) is 5.19. The molecule has 1 fully saturated rings. The normalized spacial score (nSPS) is 17.0. The molecule has 0 N–H and O–H groups in total. The van der Waals surface area contributed by atoms with Gasteiger partial charge in [0.25, 0.3) is 0 Å². The van der Waals surface area contributed by atoms with Crippen LogP contribution in [0.1, 0.15) is 52.0 Å². The van der Waals surface area contributed by atoms with Gasteiger partial charge in [0.15, 0.2) is 0 Å². The average molecular weight is 323 g/mol. The number of rotatable bonds is 8. The Bertz CT molecular complexity index is 663. The molecular formula is C21H29N3. The Labute approximate surface area is 146 Å². The summed E-state index contributed by atoms with van der Waals surface area (Å²) in [6.07, 6.45) is 4.79. The maximum Gasteiger partial charge on any atom is 0.127 e. The molecule has 0 unspecified atom stereocenters. The van der Waals surface area contributed by atoms with Crippen molar-refractivity contribution in [1.82, 2.24) is 0 Å². The summed E-state index contributed by atoms with van der Waals surface area (Å²) in [5.74, 6) is 2.25. The van der Waals surface area contributed by atoms with E-state index in [1.54, 1.807) is 0 Å². The minimum Gasteiger partial charge on any atom is -0.346 e. The lowest BCUT2D eigenvalue weighted by molar-refractivity contribution is 0.554. The van der Waals surface area contributed by atoms with Crippen molar-refractivity contribution in [1.29, 1.82) is 0 Å². The van der Waals surface area contributed by atoms with Crippen molar-refractivity contribution in [2.24, 2.45) is 21.8 Å². The molecular weight excluding hydrogens is 294 g/mol. The summed E-state index contributed by atoms with van der Waals surface area (Å²) in [5, 5.41) is 0. The first kappa shape index (κ1) is 16.9. The molecule has 3 heteroatoms. The highest BCUT2D eigenvalue weighted by molar-refractivity contribution is 6.13. The van der Waals surface area contributed by atoms with Crippen LogP contribution in [0.25, 0.3) is 0 Å². The zero-order valence-corrected chi connectivity index (χ0v) is 15.3. The number of anilines is 1. The highest BCUT2D eigenvalue weighted by Gasteiger charge is 2.30. The topological polar surface area (TPSA) is 28.0 Å². The summed E-state index contributed by atoms with van der Waals surface area (Å²) in [6.45, 7) is 12.7. The van der Waals surface area contributed by atoms with Crippen molar-refractivity contribution in [3.63, 3.8) is 0 Å². The Hall–Kier alpha value is -1.90. The molecule has 3 nitrogen and oxygen atoms in total. The van der Waals surface area contributed by atoms with Crippen LogP contribution < -0.4 is 4.90 Å². The molecule has 1 saturated carbocycles. The fourth-order valence-corrected chi connectivity index (χ4v) is 3.47. The number of benzene rings is 1. The van der Waals surface area contributed by atoms with Crippen molar-refractivity contribution >= 4 is 17.2 Å². The molecule has 24 heavy (non-hydrogen) atoms. The molecule has 0 radical (unpaired) electrons. The number of nitrogens with zero attached hydrogens (tertiary/aromatic N) is 3. The zero-order chi connectivity index (χ0) is 17.1. The van der Waals surface area contributed by atoms with Crippen molar-refractivity contribution in [2.45, 2.75) is 46.5 Å². The average Bonchev–Trinajstić information content (AvgIpc) is 3.34. The van der Waals surface area contributed by atoms with Gasteiger partial charge in [0.1, 0.15) is 5.84 Å². The lowest BCUT2D eigenvalue weighted by Crippen LogP contribution is -2.26. The largest absolute Gasteiger partial charge is 0.346 e. The third kappa shape index (κ3) is 3.45. The first-order chi connectivity index (χ1) is 11.7. The first-order valence-corrected chi connectivity index (χ1v) is 9.36. The minimum absolute atomic E-state index is 0.544. The Morgan fingerprint density at radius 1 is 1.25 bits per heavy atom. The molecule has 0 spiro atoms. The predicted octanol–water partition coefficient (Wildman–Crippen LogP) is 5.07. The van der Waals surface area contributed by atoms with Crippen LogP contribution in [-0.2, 0) is 0 Å². The van der Waals surface area contributed by atoms with Gasteiger partial charge in [-0.25, -0.2) is 4.99 Å². The second-order valence-corrected chi connectivity index (χ2v) is 6.81. The summed E-state index contributed by atoms with van der Waals surface area (Å²) in [6, 6.07) is 8.71. The highest BCUT2D eigenvalue weighted by Crippen LogP contribution is 2.33. The molecule has 1 aliphatic heterocycles. The Balaban J connectivity index is 1.81. The molecule has 0 amide bonds. The number of aliphatic imine (C=N–C) groups is 2. The van der Waals surface area contributed by atoms with E-state index in [-0.39, 0.29) is 0 Å². The zero-order valence-electron chi connectivity index (χ0n) is 15.3. The lowest BCUT2D eigenvalue weighted by Gasteiger charge is -2.30. The maximum absolute atomic E-state index is 4.78. The van der Waals surface area contributed by atoms with Crippen molar-refractivity contribution in [2.75, 3.05) is 18.0 Å². The molecule has 1 aromatic carbocycles. The van der Waals surface area contributed by atoms with E-state index in [2.05, 4.69) is 61.5 Å². The summed E-state index contributed by atoms with van der Waals surface area (Å²) < 4.78 is 0. The van der Waals surface area contributed by atoms with Gasteiger partial charge >= 0.3 is 0 Å². The fraction of sp³-hybridized carbons (Fsp3) is 0.524. The van der Waals surface area contributed by atoms with Crippen LogP contribution in [-0.4, -0.2) is 24.6 Å². The fourth-order valence-electron chi connectivity index (χ4n) is 3.47. The van der Waals surface area contributed by atoms with Crippen LogP contribution in [0.15, 0.2) is 46.5 Å². The Morgan fingerprint density at radius 3 is 2.62 bits per heavy atom. The molecule has 1 heterocycles. The molecule has 0 bridgehead atoms. The van der Waals surface area contributed by atoms with Crippen LogP contribution >= 0.6 is 0 Å². The predicted molar refractivity (Wildman–Crippen MR) is 104 cm³/mol. The highest BCUT2D eigenvalue weighted by atomic mass is 15.1. The van der Waals surface area contributed by atoms with Crippen LogP contribution in [0.2, 0.25) is 0 Å². The summed E-state index contributed by atoms with van der Waals surface area (Å²) >= 11 is 0. The maximum atomic E-state index is 4.78. The standard InChI is InChI=1S/C21H29N3/c1-5-16(6-2)15(4)24(7-3)19-10-8-9-18(13-19)20-14-22-21(23-20)17-11-12-17/h8-10,13,16-17H,4-7,11-12,14H2,1-3H3. The van der Waals surface area contributed by atoms with Crippen LogP contribution in [0.5, 0.6) is 0 Å². The van der Waals surface area contributed by atoms with Gasteiger partial charge < -0.3 is 4.90 Å². The second kappa shape index (κ2) is 7.33. The molecule has 0 atom stereocenters. The Morgan fingerprint density at radius 2 is 2.00 bits per heavy atom. The van der Waals surface area contributed by atoms with Crippen molar-refractivity contribution in [3.8, 4) is 0 Å². The van der Waals surface area contributed by atoms with Gasteiger partial charge in [0, 0.05) is 23.8 Å². The van der Waals surface area contributed by atoms with E-state index in [4.69, 9.17) is 4.99 Å². The van der Waals surface area contributed by atoms with E-state index in [9.17, 15) is 0 Å². The number of allylic oxidation sites excluding steroid dienone is 1. The van der Waals surface area contributed by atoms with Gasteiger partial charge in [-0.05, 0) is 56.2 Å². The van der Waals surface area contributed by atoms with E-state index < -0.39 is 0 Å². The number of hydrogen-bond acceptors (Lipinski definition) is 3. The lowest BCUT2D eigenvalue weighted by atomic mass is 9.98. The smallest absolute Gasteiger partial charge is 0.127 e. The molecule has 0 aromatic heterocycles. The van der Waals surface area contributed by atoms with Crippen LogP contribution in [0.3, 0.4) is 0 Å². The van der Waals surface area contributed by atoms with E-state index in [1.807, 2.05) is 0 Å². The molecule has 0 saturated heterocycles. The van der Waals surface area contributed by atoms with E-state index in [0.717, 1.165) is 37.5 Å². The molecule has 3 rings (SSSR count). The number of hydrogen-bond donors (Lipinski definition) is 0. The molecule has 1 aliphatic carbocycles. The Kier molecular flexibility index (Phi) is 5.17. The van der Waals surface area contributed by atoms with Crippen LogP contribution in [0, 0.1) is 11.8 Å². The summed E-state index contributed by atoms with van der Waals surface area (Å²) in [7, 11) is 0. The van der Waals surface area contributed by atoms with Crippen molar-refractivity contribution in [3.05, 3.63) is 42.1 Å². The van der Waals surface area contributed by atoms with Gasteiger partial charge in [0.2, 0.25) is 0 Å². The minimum atomic E-state index is 0.544. The van der Waals surface area contributed by atoms with Gasteiger partial charge in [-0.3, -0.25) is 4.99 Å². The monoisotopic (exact) mass is 323 g/mol. The van der Waals surface area contributed by atoms with Crippen molar-refractivity contribution < 1.29 is 0 Å². The first-order valence-electron chi connectivity index (χ1n) is 9.36. The third-order valence-electron chi connectivity index (χ3n) is 5.19. The van der Waals surface area contributed by atoms with E-state index in [0.29, 0.717) is 11.8 Å². The van der Waals surface area contributed by atoms with Gasteiger partial charge in [0.05, 0.1) is 12.3 Å². The number of amidine groups is 1. The van der Waals surface area contributed by atoms with Crippen LogP contribution in [0.4, 0.5) is 5.69 Å². The quantitative estimate of drug-likeness (QED) is 0.656. The molecule has 2 aliphatic rings. The molecule has 128 valence electrons. The summed E-state index contributed by atoms with van der Waals surface area (Å²) in [4.78, 5) is 11.8. The van der Waals surface area contributed by atoms with E-state index >= 15 is 0 Å². The van der Waals surface area contributed by atoms with Gasteiger partial charge in [-0.1, -0.05) is 32.6 Å². The van der Waals surface area contributed by atoms with Gasteiger partial charge in [-0.2, -0.15) is 0 Å². The summed E-state index contributed by atoms with van der Waals surface area (Å²) in [5.41, 5.74) is 4.75. The second-order valence-electron chi connectivity index (χ2n) is 6.81. The SMILES string of the molecule is C=C(C(CC)CC)N(CC)c1cccc(C2=NC(C3CC3)=NC2)c1. The van der Waals surface area contributed by atoms with Gasteiger partial charge in [-0.15, -0.1) is 0 Å². The van der Waals surface area contributed by atoms with E-state index in [1.165, 1.54) is 29.8 Å². The molecule has 1 aromatic rings.